The Bertz CT molecular complexity index is 493. The molecule has 0 amide bonds. The molecule has 2 heterocycles. The highest BCUT2D eigenvalue weighted by Crippen LogP contribution is 2.16. The quantitative estimate of drug-likeness (QED) is 0.548. The Morgan fingerprint density at radius 1 is 1.53 bits per heavy atom. The van der Waals surface area contributed by atoms with Crippen LogP contribution in [0.4, 0.5) is 5.69 Å². The predicted molar refractivity (Wildman–Crippen MR) is 52.8 cm³/mol. The molecule has 0 saturated heterocycles. The van der Waals surface area contributed by atoms with E-state index in [-0.39, 0.29) is 5.69 Å². The van der Waals surface area contributed by atoms with Gasteiger partial charge in [-0.2, -0.15) is 5.10 Å². The van der Waals surface area contributed by atoms with Crippen molar-refractivity contribution in [3.63, 3.8) is 0 Å². The molecule has 15 heavy (non-hydrogen) atoms. The van der Waals surface area contributed by atoms with Gasteiger partial charge in [-0.25, -0.2) is 9.67 Å². The summed E-state index contributed by atoms with van der Waals surface area (Å²) in [5.41, 5.74) is 0.705. The first-order valence-electron chi connectivity index (χ1n) is 4.29. The van der Waals surface area contributed by atoms with Gasteiger partial charge in [0.2, 0.25) is 0 Å². The lowest BCUT2D eigenvalue weighted by atomic mass is 10.2. The number of nitro groups is 1. The summed E-state index contributed by atoms with van der Waals surface area (Å²) in [5.74, 6) is 0.602. The van der Waals surface area contributed by atoms with Crippen LogP contribution in [0.5, 0.6) is 0 Å². The number of hydrogen-bond acceptors (Lipinski definition) is 4. The molecule has 0 fully saturated rings. The normalized spacial score (nSPS) is 10.2. The Labute approximate surface area is 85.3 Å². The average Bonchev–Trinajstić information content (AvgIpc) is 2.70. The Balaban J connectivity index is 2.48. The maximum absolute atomic E-state index is 10.5. The maximum Gasteiger partial charge on any atom is 0.287 e. The molecule has 0 bridgehead atoms. The number of pyridine rings is 1. The summed E-state index contributed by atoms with van der Waals surface area (Å²) in [5, 5.41) is 14.5. The van der Waals surface area contributed by atoms with E-state index in [1.807, 2.05) is 0 Å². The van der Waals surface area contributed by atoms with Crippen molar-refractivity contribution in [3.8, 4) is 5.82 Å². The van der Waals surface area contributed by atoms with Crippen molar-refractivity contribution in [2.75, 3.05) is 0 Å². The van der Waals surface area contributed by atoms with Crippen LogP contribution in [0.15, 0.2) is 30.7 Å². The Morgan fingerprint density at radius 3 is 2.87 bits per heavy atom. The zero-order valence-corrected chi connectivity index (χ0v) is 7.99. The van der Waals surface area contributed by atoms with Gasteiger partial charge >= 0.3 is 0 Å². The fourth-order valence-electron chi connectivity index (χ4n) is 1.29. The van der Waals surface area contributed by atoms with Gasteiger partial charge in [0.05, 0.1) is 4.92 Å². The highest BCUT2D eigenvalue weighted by molar-refractivity contribution is 5.40. The molecule has 2 aromatic heterocycles. The SMILES string of the molecule is Cc1cc([N+](=O)[O-])cnc1-n1cccn1. The highest BCUT2D eigenvalue weighted by atomic mass is 16.6. The molecule has 0 unspecified atom stereocenters. The van der Waals surface area contributed by atoms with E-state index in [0.29, 0.717) is 11.4 Å². The molecule has 76 valence electrons. The van der Waals surface area contributed by atoms with Crippen LogP contribution in [0.25, 0.3) is 5.82 Å². The average molecular weight is 204 g/mol. The van der Waals surface area contributed by atoms with Crippen LogP contribution in [0.3, 0.4) is 0 Å². The fraction of sp³-hybridized carbons (Fsp3) is 0.111. The van der Waals surface area contributed by atoms with Gasteiger partial charge in [-0.15, -0.1) is 0 Å². The first kappa shape index (κ1) is 9.32. The Hall–Kier alpha value is -2.24. The molecular weight excluding hydrogens is 196 g/mol. The van der Waals surface area contributed by atoms with Crippen LogP contribution < -0.4 is 0 Å². The van der Waals surface area contributed by atoms with Crippen LogP contribution in [0.2, 0.25) is 0 Å². The third kappa shape index (κ3) is 1.69. The second-order valence-corrected chi connectivity index (χ2v) is 3.04. The molecule has 0 radical (unpaired) electrons. The highest BCUT2D eigenvalue weighted by Gasteiger charge is 2.10. The minimum absolute atomic E-state index is 0.0107. The predicted octanol–water partition coefficient (Wildman–Crippen LogP) is 1.48. The number of aromatic nitrogens is 3. The van der Waals surface area contributed by atoms with Crippen molar-refractivity contribution in [2.45, 2.75) is 6.92 Å². The molecule has 0 N–H and O–H groups in total. The summed E-state index contributed by atoms with van der Waals surface area (Å²) < 4.78 is 1.57. The zero-order chi connectivity index (χ0) is 10.8. The van der Waals surface area contributed by atoms with Gasteiger partial charge in [0.15, 0.2) is 5.82 Å². The summed E-state index contributed by atoms with van der Waals surface area (Å²) in [6.07, 6.45) is 4.59. The monoisotopic (exact) mass is 204 g/mol. The molecule has 0 aliphatic rings. The number of rotatable bonds is 2. The van der Waals surface area contributed by atoms with E-state index >= 15 is 0 Å². The Kier molecular flexibility index (Phi) is 2.17. The lowest BCUT2D eigenvalue weighted by Gasteiger charge is -2.03. The van der Waals surface area contributed by atoms with Gasteiger partial charge in [0, 0.05) is 24.0 Å². The lowest BCUT2D eigenvalue weighted by molar-refractivity contribution is -0.385. The third-order valence-electron chi connectivity index (χ3n) is 1.97. The molecular formula is C9H8N4O2. The van der Waals surface area contributed by atoms with Crippen molar-refractivity contribution in [2.24, 2.45) is 0 Å². The van der Waals surface area contributed by atoms with E-state index in [2.05, 4.69) is 10.1 Å². The molecule has 6 nitrogen and oxygen atoms in total. The molecule has 0 aliphatic carbocycles. The van der Waals surface area contributed by atoms with Crippen LogP contribution in [-0.4, -0.2) is 19.7 Å². The summed E-state index contributed by atoms with van der Waals surface area (Å²) >= 11 is 0. The van der Waals surface area contributed by atoms with E-state index < -0.39 is 4.92 Å². The van der Waals surface area contributed by atoms with Gasteiger partial charge in [-0.1, -0.05) is 0 Å². The summed E-state index contributed by atoms with van der Waals surface area (Å²) in [7, 11) is 0. The van der Waals surface area contributed by atoms with Crippen molar-refractivity contribution >= 4 is 5.69 Å². The second kappa shape index (κ2) is 3.49. The van der Waals surface area contributed by atoms with Crippen molar-refractivity contribution < 1.29 is 4.92 Å². The van der Waals surface area contributed by atoms with Gasteiger partial charge in [0.1, 0.15) is 6.20 Å². The molecule has 0 spiro atoms. The second-order valence-electron chi connectivity index (χ2n) is 3.04. The smallest absolute Gasteiger partial charge is 0.258 e. The van der Waals surface area contributed by atoms with E-state index in [1.54, 1.807) is 30.1 Å². The molecule has 0 saturated carbocycles. The van der Waals surface area contributed by atoms with Crippen LogP contribution in [-0.2, 0) is 0 Å². The molecule has 6 heteroatoms. The molecule has 0 atom stereocenters. The third-order valence-corrected chi connectivity index (χ3v) is 1.97. The maximum atomic E-state index is 10.5. The largest absolute Gasteiger partial charge is 0.287 e. The van der Waals surface area contributed by atoms with E-state index in [9.17, 15) is 10.1 Å². The first-order valence-corrected chi connectivity index (χ1v) is 4.29. The van der Waals surface area contributed by atoms with Crippen molar-refractivity contribution in [1.82, 2.24) is 14.8 Å². The molecule has 0 aliphatic heterocycles. The molecule has 0 aromatic carbocycles. The van der Waals surface area contributed by atoms with Gasteiger partial charge in [-0.05, 0) is 13.0 Å². The number of aryl methyl sites for hydroxylation is 1. The number of nitrogens with zero attached hydrogens (tertiary/aromatic N) is 4. The summed E-state index contributed by atoms with van der Waals surface area (Å²) in [6.45, 7) is 1.76. The van der Waals surface area contributed by atoms with Crippen LogP contribution >= 0.6 is 0 Å². The van der Waals surface area contributed by atoms with Crippen LogP contribution in [0, 0.1) is 17.0 Å². The van der Waals surface area contributed by atoms with Gasteiger partial charge in [0.25, 0.3) is 5.69 Å². The minimum atomic E-state index is -0.465. The van der Waals surface area contributed by atoms with E-state index in [0.717, 1.165) is 0 Å². The first-order chi connectivity index (χ1) is 7.18. The lowest BCUT2D eigenvalue weighted by Crippen LogP contribution is -2.01. The molecule has 2 aromatic rings. The fourth-order valence-corrected chi connectivity index (χ4v) is 1.29. The molecule has 2 rings (SSSR count). The topological polar surface area (TPSA) is 73.8 Å². The van der Waals surface area contributed by atoms with Crippen LogP contribution in [0.1, 0.15) is 5.56 Å². The Morgan fingerprint density at radius 2 is 2.33 bits per heavy atom. The zero-order valence-electron chi connectivity index (χ0n) is 7.99. The van der Waals surface area contributed by atoms with E-state index in [4.69, 9.17) is 0 Å². The van der Waals surface area contributed by atoms with Crippen molar-refractivity contribution in [3.05, 3.63) is 46.4 Å². The summed E-state index contributed by atoms with van der Waals surface area (Å²) in [4.78, 5) is 14.0. The summed E-state index contributed by atoms with van der Waals surface area (Å²) in [6, 6.07) is 3.24. The van der Waals surface area contributed by atoms with Crippen molar-refractivity contribution in [1.29, 1.82) is 0 Å². The van der Waals surface area contributed by atoms with Gasteiger partial charge in [-0.3, -0.25) is 10.1 Å². The van der Waals surface area contributed by atoms with Gasteiger partial charge < -0.3 is 0 Å². The minimum Gasteiger partial charge on any atom is -0.258 e. The van der Waals surface area contributed by atoms with E-state index in [1.165, 1.54) is 12.3 Å². The standard InChI is InChI=1S/C9H8N4O2/c1-7-5-8(13(14)15)6-10-9(7)12-4-2-3-11-12/h2-6H,1H3. The number of hydrogen-bond donors (Lipinski definition) is 0.